The van der Waals surface area contributed by atoms with Gasteiger partial charge in [0, 0.05) is 12.8 Å². The first kappa shape index (κ1) is 15.4. The van der Waals surface area contributed by atoms with Gasteiger partial charge in [-0.25, -0.2) is 0 Å². The smallest absolute Gasteiger partial charge is 0.226 e. The molecular formula is C15H19N3O2S. The van der Waals surface area contributed by atoms with Crippen LogP contribution < -0.4 is 10.1 Å². The minimum Gasteiger partial charge on any atom is -0.497 e. The van der Waals surface area contributed by atoms with Crippen LogP contribution in [0.15, 0.2) is 24.3 Å². The fourth-order valence-corrected chi connectivity index (χ4v) is 2.60. The number of carbonyl (C=O) groups excluding carboxylic acids is 1. The topological polar surface area (TPSA) is 64.1 Å². The van der Waals surface area contributed by atoms with Crippen LogP contribution >= 0.6 is 11.3 Å². The van der Waals surface area contributed by atoms with Crippen molar-refractivity contribution in [2.45, 2.75) is 32.6 Å². The highest BCUT2D eigenvalue weighted by molar-refractivity contribution is 7.15. The quantitative estimate of drug-likeness (QED) is 0.852. The minimum atomic E-state index is 0.00370. The Bertz CT molecular complexity index is 581. The highest BCUT2D eigenvalue weighted by Gasteiger charge is 2.08. The molecule has 1 aromatic heterocycles. The monoisotopic (exact) mass is 305 g/mol. The molecule has 0 spiro atoms. The number of nitrogens with one attached hydrogen (secondary N) is 1. The molecule has 21 heavy (non-hydrogen) atoms. The van der Waals surface area contributed by atoms with Crippen LogP contribution in [0.3, 0.4) is 0 Å². The number of hydrogen-bond acceptors (Lipinski definition) is 5. The summed E-state index contributed by atoms with van der Waals surface area (Å²) in [5, 5.41) is 12.4. The molecule has 5 nitrogen and oxygen atoms in total. The number of unbranched alkanes of at least 4 members (excludes halogenated alkanes) is 1. The van der Waals surface area contributed by atoms with E-state index in [1.165, 1.54) is 11.3 Å². The molecular weight excluding hydrogens is 286 g/mol. The molecule has 0 bridgehead atoms. The van der Waals surface area contributed by atoms with Gasteiger partial charge in [0.05, 0.1) is 7.11 Å². The Balaban J connectivity index is 1.91. The maximum absolute atomic E-state index is 11.6. The third kappa shape index (κ3) is 4.82. The van der Waals surface area contributed by atoms with Crippen molar-refractivity contribution in [2.75, 3.05) is 12.4 Å². The Labute approximate surface area is 128 Å². The summed E-state index contributed by atoms with van der Waals surface area (Å²) in [6.07, 6.45) is 3.13. The lowest BCUT2D eigenvalue weighted by Gasteiger charge is -2.01. The van der Waals surface area contributed by atoms with Crippen LogP contribution in [0, 0.1) is 0 Å². The Morgan fingerprint density at radius 2 is 2.05 bits per heavy atom. The molecule has 0 saturated carbocycles. The first-order chi connectivity index (χ1) is 10.2. The zero-order valence-electron chi connectivity index (χ0n) is 12.3. The van der Waals surface area contributed by atoms with Gasteiger partial charge in [0.25, 0.3) is 0 Å². The van der Waals surface area contributed by atoms with Crippen LogP contribution in [0.2, 0.25) is 0 Å². The van der Waals surface area contributed by atoms with E-state index in [-0.39, 0.29) is 5.91 Å². The minimum absolute atomic E-state index is 0.00370. The molecule has 0 radical (unpaired) electrons. The molecule has 112 valence electrons. The van der Waals surface area contributed by atoms with Crippen LogP contribution in [-0.4, -0.2) is 23.2 Å². The van der Waals surface area contributed by atoms with E-state index in [2.05, 4.69) is 22.4 Å². The molecule has 6 heteroatoms. The van der Waals surface area contributed by atoms with Crippen LogP contribution in [0.1, 0.15) is 36.8 Å². The maximum atomic E-state index is 11.6. The van der Waals surface area contributed by atoms with Crippen LogP contribution in [0.4, 0.5) is 5.13 Å². The van der Waals surface area contributed by atoms with Crippen LogP contribution in [-0.2, 0) is 11.2 Å². The van der Waals surface area contributed by atoms with Gasteiger partial charge in [0.1, 0.15) is 10.8 Å². The van der Waals surface area contributed by atoms with Gasteiger partial charge in [0.15, 0.2) is 0 Å². The molecule has 0 aliphatic rings. The predicted molar refractivity (Wildman–Crippen MR) is 83.9 cm³/mol. The molecule has 1 N–H and O–H groups in total. The average Bonchev–Trinajstić information content (AvgIpc) is 2.93. The third-order valence-corrected chi connectivity index (χ3v) is 3.82. The van der Waals surface area contributed by atoms with Gasteiger partial charge < -0.3 is 10.1 Å². The first-order valence-electron chi connectivity index (χ1n) is 6.96. The van der Waals surface area contributed by atoms with E-state index in [9.17, 15) is 4.79 Å². The van der Waals surface area contributed by atoms with Crippen molar-refractivity contribution in [3.63, 3.8) is 0 Å². The standard InChI is InChI=1S/C15H19N3O2S/c1-3-4-5-13(19)16-15-18-17-14(21-15)10-11-6-8-12(20-2)9-7-11/h6-9H,3-5,10H2,1-2H3,(H,16,18,19). The second-order valence-corrected chi connectivity index (χ2v) is 5.74. The first-order valence-corrected chi connectivity index (χ1v) is 7.78. The SMILES string of the molecule is CCCCC(=O)Nc1nnc(Cc2ccc(OC)cc2)s1. The van der Waals surface area contributed by atoms with E-state index in [4.69, 9.17) is 4.74 Å². The fraction of sp³-hybridized carbons (Fsp3) is 0.400. The molecule has 1 amide bonds. The van der Waals surface area contributed by atoms with Crippen molar-refractivity contribution >= 4 is 22.4 Å². The van der Waals surface area contributed by atoms with Crippen LogP contribution in [0.25, 0.3) is 0 Å². The lowest BCUT2D eigenvalue weighted by atomic mass is 10.1. The molecule has 1 aromatic carbocycles. The third-order valence-electron chi connectivity index (χ3n) is 2.98. The van der Waals surface area contributed by atoms with Crippen molar-refractivity contribution < 1.29 is 9.53 Å². The van der Waals surface area contributed by atoms with E-state index in [0.29, 0.717) is 18.0 Å². The number of benzene rings is 1. The molecule has 0 unspecified atom stereocenters. The molecule has 1 heterocycles. The second-order valence-electron chi connectivity index (χ2n) is 4.68. The summed E-state index contributed by atoms with van der Waals surface area (Å²) in [4.78, 5) is 11.6. The molecule has 2 rings (SSSR count). The van der Waals surface area contributed by atoms with Crippen molar-refractivity contribution in [3.05, 3.63) is 34.8 Å². The molecule has 0 fully saturated rings. The van der Waals surface area contributed by atoms with Gasteiger partial charge in [-0.2, -0.15) is 0 Å². The summed E-state index contributed by atoms with van der Waals surface area (Å²) >= 11 is 1.41. The van der Waals surface area contributed by atoms with Crippen molar-refractivity contribution in [1.29, 1.82) is 0 Å². The highest BCUT2D eigenvalue weighted by atomic mass is 32.1. The molecule has 0 atom stereocenters. The number of hydrogen-bond donors (Lipinski definition) is 1. The summed E-state index contributed by atoms with van der Waals surface area (Å²) in [6.45, 7) is 2.06. The van der Waals surface area contributed by atoms with Crippen molar-refractivity contribution in [2.24, 2.45) is 0 Å². The Morgan fingerprint density at radius 1 is 1.29 bits per heavy atom. The summed E-state index contributed by atoms with van der Waals surface area (Å²) < 4.78 is 5.13. The van der Waals surface area contributed by atoms with E-state index >= 15 is 0 Å². The summed E-state index contributed by atoms with van der Waals surface area (Å²) in [6, 6.07) is 7.84. The van der Waals surface area contributed by atoms with Gasteiger partial charge in [-0.3, -0.25) is 4.79 Å². The number of anilines is 1. The number of nitrogens with zero attached hydrogens (tertiary/aromatic N) is 2. The van der Waals surface area contributed by atoms with E-state index < -0.39 is 0 Å². The number of aromatic nitrogens is 2. The highest BCUT2D eigenvalue weighted by Crippen LogP contribution is 2.20. The Morgan fingerprint density at radius 3 is 2.71 bits per heavy atom. The molecule has 2 aromatic rings. The Hall–Kier alpha value is -1.95. The number of rotatable bonds is 7. The predicted octanol–water partition coefficient (Wildman–Crippen LogP) is 3.27. The molecule has 0 aliphatic heterocycles. The van der Waals surface area contributed by atoms with E-state index in [0.717, 1.165) is 29.2 Å². The lowest BCUT2D eigenvalue weighted by Crippen LogP contribution is -2.10. The summed E-state index contributed by atoms with van der Waals surface area (Å²) in [7, 11) is 1.65. The summed E-state index contributed by atoms with van der Waals surface area (Å²) in [5.74, 6) is 0.837. The number of ether oxygens (including phenoxy) is 1. The second kappa shape index (κ2) is 7.73. The normalized spacial score (nSPS) is 10.4. The number of amides is 1. The average molecular weight is 305 g/mol. The summed E-state index contributed by atoms with van der Waals surface area (Å²) in [5.41, 5.74) is 1.14. The van der Waals surface area contributed by atoms with Gasteiger partial charge in [-0.05, 0) is 24.1 Å². The largest absolute Gasteiger partial charge is 0.497 e. The number of carbonyl (C=O) groups is 1. The maximum Gasteiger partial charge on any atom is 0.226 e. The van der Waals surface area contributed by atoms with Crippen LogP contribution in [0.5, 0.6) is 5.75 Å². The Kier molecular flexibility index (Phi) is 5.68. The molecule has 0 saturated heterocycles. The van der Waals surface area contributed by atoms with E-state index in [1.807, 2.05) is 24.3 Å². The lowest BCUT2D eigenvalue weighted by molar-refractivity contribution is -0.116. The van der Waals surface area contributed by atoms with Gasteiger partial charge >= 0.3 is 0 Å². The zero-order chi connectivity index (χ0) is 15.1. The zero-order valence-corrected chi connectivity index (χ0v) is 13.1. The van der Waals surface area contributed by atoms with Crippen molar-refractivity contribution in [1.82, 2.24) is 10.2 Å². The van der Waals surface area contributed by atoms with E-state index in [1.54, 1.807) is 7.11 Å². The van der Waals surface area contributed by atoms with Gasteiger partial charge in [-0.15, -0.1) is 10.2 Å². The fourth-order valence-electron chi connectivity index (χ4n) is 1.81. The molecule has 0 aliphatic carbocycles. The van der Waals surface area contributed by atoms with Gasteiger partial charge in [-0.1, -0.05) is 36.8 Å². The van der Waals surface area contributed by atoms with Crippen molar-refractivity contribution in [3.8, 4) is 5.75 Å². The number of methoxy groups -OCH3 is 1. The van der Waals surface area contributed by atoms with Gasteiger partial charge in [0.2, 0.25) is 11.0 Å².